The zero-order chi connectivity index (χ0) is 12.3. The van der Waals surface area contributed by atoms with Crippen molar-refractivity contribution in [2.75, 3.05) is 7.11 Å². The second-order valence-electron chi connectivity index (χ2n) is 3.43. The third-order valence-corrected chi connectivity index (χ3v) is 2.21. The van der Waals surface area contributed by atoms with Crippen molar-refractivity contribution >= 4 is 0 Å². The van der Waals surface area contributed by atoms with Gasteiger partial charge < -0.3 is 19.7 Å². The fraction of sp³-hybridized carbons (Fsp3) is 0.0769. The van der Waals surface area contributed by atoms with Crippen molar-refractivity contribution in [2.45, 2.75) is 0 Å². The maximum Gasteiger partial charge on any atom is 0.172 e. The van der Waals surface area contributed by atoms with Crippen LogP contribution in [0.1, 0.15) is 0 Å². The highest BCUT2D eigenvalue weighted by molar-refractivity contribution is 5.47. The molecule has 0 heterocycles. The molecule has 88 valence electrons. The number of benzene rings is 2. The zero-order valence-electron chi connectivity index (χ0n) is 9.25. The molecule has 0 saturated heterocycles. The highest BCUT2D eigenvalue weighted by Crippen LogP contribution is 2.34. The van der Waals surface area contributed by atoms with Gasteiger partial charge in [0.15, 0.2) is 11.5 Å². The molecule has 17 heavy (non-hydrogen) atoms. The molecule has 0 saturated carbocycles. The average Bonchev–Trinajstić information content (AvgIpc) is 2.32. The SMILES string of the molecule is COc1ccc(O)cc1Oc1ccc(O)cc1. The van der Waals surface area contributed by atoms with E-state index in [0.29, 0.717) is 17.2 Å². The molecule has 2 aromatic rings. The molecule has 0 spiro atoms. The summed E-state index contributed by atoms with van der Waals surface area (Å²) in [7, 11) is 1.52. The second-order valence-corrected chi connectivity index (χ2v) is 3.43. The summed E-state index contributed by atoms with van der Waals surface area (Å²) >= 11 is 0. The Labute approximate surface area is 98.7 Å². The Balaban J connectivity index is 2.28. The molecule has 0 aromatic heterocycles. The summed E-state index contributed by atoms with van der Waals surface area (Å²) in [6.07, 6.45) is 0. The summed E-state index contributed by atoms with van der Waals surface area (Å²) in [4.78, 5) is 0. The van der Waals surface area contributed by atoms with Gasteiger partial charge in [0.2, 0.25) is 0 Å². The van der Waals surface area contributed by atoms with Gasteiger partial charge in [-0.2, -0.15) is 0 Å². The lowest BCUT2D eigenvalue weighted by Crippen LogP contribution is -1.89. The lowest BCUT2D eigenvalue weighted by Gasteiger charge is -2.10. The van der Waals surface area contributed by atoms with Gasteiger partial charge in [-0.25, -0.2) is 0 Å². The van der Waals surface area contributed by atoms with E-state index in [-0.39, 0.29) is 11.5 Å². The van der Waals surface area contributed by atoms with Crippen LogP contribution in [0, 0.1) is 0 Å². The molecule has 0 atom stereocenters. The van der Waals surface area contributed by atoms with Crippen LogP contribution in [0.15, 0.2) is 42.5 Å². The van der Waals surface area contributed by atoms with Gasteiger partial charge in [-0.05, 0) is 36.4 Å². The number of hydrogen-bond acceptors (Lipinski definition) is 4. The van der Waals surface area contributed by atoms with E-state index in [1.807, 2.05) is 0 Å². The number of phenols is 2. The van der Waals surface area contributed by atoms with Crippen LogP contribution in [0.3, 0.4) is 0 Å². The van der Waals surface area contributed by atoms with Crippen LogP contribution in [0.5, 0.6) is 28.7 Å². The van der Waals surface area contributed by atoms with Gasteiger partial charge in [0, 0.05) is 6.07 Å². The van der Waals surface area contributed by atoms with E-state index in [9.17, 15) is 5.11 Å². The van der Waals surface area contributed by atoms with Crippen LogP contribution in [-0.2, 0) is 0 Å². The monoisotopic (exact) mass is 232 g/mol. The Kier molecular flexibility index (Phi) is 3.05. The highest BCUT2D eigenvalue weighted by Gasteiger charge is 2.06. The second kappa shape index (κ2) is 4.65. The van der Waals surface area contributed by atoms with Gasteiger partial charge in [0.1, 0.15) is 17.2 Å². The molecule has 0 amide bonds. The number of aromatic hydroxyl groups is 2. The van der Waals surface area contributed by atoms with Crippen molar-refractivity contribution in [2.24, 2.45) is 0 Å². The van der Waals surface area contributed by atoms with Gasteiger partial charge in [-0.1, -0.05) is 0 Å². The van der Waals surface area contributed by atoms with E-state index in [0.717, 1.165) is 0 Å². The first-order valence-corrected chi connectivity index (χ1v) is 5.03. The van der Waals surface area contributed by atoms with Crippen LogP contribution in [-0.4, -0.2) is 17.3 Å². The van der Waals surface area contributed by atoms with Gasteiger partial charge in [0.05, 0.1) is 7.11 Å². The Morgan fingerprint density at radius 1 is 0.824 bits per heavy atom. The van der Waals surface area contributed by atoms with Gasteiger partial charge in [0.25, 0.3) is 0 Å². The number of methoxy groups -OCH3 is 1. The fourth-order valence-corrected chi connectivity index (χ4v) is 1.39. The van der Waals surface area contributed by atoms with Gasteiger partial charge in [-0.15, -0.1) is 0 Å². The van der Waals surface area contributed by atoms with Crippen LogP contribution in [0.25, 0.3) is 0 Å². The van der Waals surface area contributed by atoms with Crippen LogP contribution < -0.4 is 9.47 Å². The lowest BCUT2D eigenvalue weighted by atomic mass is 10.3. The van der Waals surface area contributed by atoms with Crippen LogP contribution in [0.4, 0.5) is 0 Å². The molecule has 0 radical (unpaired) electrons. The molecule has 4 heteroatoms. The Morgan fingerprint density at radius 3 is 2.12 bits per heavy atom. The molecule has 2 aromatic carbocycles. The van der Waals surface area contributed by atoms with Crippen molar-refractivity contribution in [1.82, 2.24) is 0 Å². The number of phenolic OH excluding ortho intramolecular Hbond substituents is 2. The van der Waals surface area contributed by atoms with Crippen molar-refractivity contribution in [3.8, 4) is 28.7 Å². The molecular weight excluding hydrogens is 220 g/mol. The first-order valence-electron chi connectivity index (χ1n) is 5.03. The summed E-state index contributed by atoms with van der Waals surface area (Å²) in [6, 6.07) is 10.9. The number of hydrogen-bond donors (Lipinski definition) is 2. The fourth-order valence-electron chi connectivity index (χ4n) is 1.39. The first kappa shape index (κ1) is 11.1. The maximum atomic E-state index is 9.38. The Morgan fingerprint density at radius 2 is 1.47 bits per heavy atom. The smallest absolute Gasteiger partial charge is 0.172 e. The van der Waals surface area contributed by atoms with E-state index >= 15 is 0 Å². The predicted octanol–water partition coefficient (Wildman–Crippen LogP) is 2.90. The first-order chi connectivity index (χ1) is 8.19. The minimum atomic E-state index is 0.0968. The number of ether oxygens (including phenoxy) is 2. The zero-order valence-corrected chi connectivity index (χ0v) is 9.25. The third-order valence-electron chi connectivity index (χ3n) is 2.21. The van der Waals surface area contributed by atoms with Crippen LogP contribution >= 0.6 is 0 Å². The van der Waals surface area contributed by atoms with E-state index in [1.54, 1.807) is 18.2 Å². The minimum Gasteiger partial charge on any atom is -0.508 e. The molecule has 0 aliphatic heterocycles. The summed E-state index contributed by atoms with van der Waals surface area (Å²) in [5.41, 5.74) is 0. The third kappa shape index (κ3) is 2.60. The van der Waals surface area contributed by atoms with E-state index in [1.165, 1.54) is 31.4 Å². The average molecular weight is 232 g/mol. The molecular formula is C13H12O4. The lowest BCUT2D eigenvalue weighted by molar-refractivity contribution is 0.374. The van der Waals surface area contributed by atoms with Gasteiger partial charge in [-0.3, -0.25) is 0 Å². The molecule has 0 aliphatic rings. The largest absolute Gasteiger partial charge is 0.508 e. The molecule has 2 N–H and O–H groups in total. The summed E-state index contributed by atoms with van der Waals surface area (Å²) in [6.45, 7) is 0. The minimum absolute atomic E-state index is 0.0968. The molecule has 4 nitrogen and oxygen atoms in total. The topological polar surface area (TPSA) is 58.9 Å². The van der Waals surface area contributed by atoms with Gasteiger partial charge >= 0.3 is 0 Å². The van der Waals surface area contributed by atoms with Crippen LogP contribution in [0.2, 0.25) is 0 Å². The molecule has 0 aliphatic carbocycles. The van der Waals surface area contributed by atoms with Crippen molar-refractivity contribution in [1.29, 1.82) is 0 Å². The standard InChI is InChI=1S/C13H12O4/c1-16-12-7-4-10(15)8-13(12)17-11-5-2-9(14)3-6-11/h2-8,14-15H,1H3. The molecule has 0 bridgehead atoms. The Bertz CT molecular complexity index is 505. The van der Waals surface area contributed by atoms with E-state index in [4.69, 9.17) is 14.6 Å². The summed E-state index contributed by atoms with van der Waals surface area (Å²) in [5, 5.41) is 18.5. The predicted molar refractivity (Wildman–Crippen MR) is 62.8 cm³/mol. The molecule has 0 unspecified atom stereocenters. The van der Waals surface area contributed by atoms with E-state index in [2.05, 4.69) is 0 Å². The Hall–Kier alpha value is -2.36. The molecule has 0 fully saturated rings. The summed E-state index contributed by atoms with van der Waals surface area (Å²) < 4.78 is 10.7. The van der Waals surface area contributed by atoms with Crippen molar-refractivity contribution < 1.29 is 19.7 Å². The van der Waals surface area contributed by atoms with Crippen molar-refractivity contribution in [3.63, 3.8) is 0 Å². The summed E-state index contributed by atoms with van der Waals surface area (Å²) in [5.74, 6) is 1.75. The highest BCUT2D eigenvalue weighted by atomic mass is 16.5. The normalized spacial score (nSPS) is 9.94. The van der Waals surface area contributed by atoms with Crippen molar-refractivity contribution in [3.05, 3.63) is 42.5 Å². The molecule has 2 rings (SSSR count). The van der Waals surface area contributed by atoms with E-state index < -0.39 is 0 Å². The quantitative estimate of drug-likeness (QED) is 0.854. The number of rotatable bonds is 3. The maximum absolute atomic E-state index is 9.38.